The first-order valence-corrected chi connectivity index (χ1v) is 8.05. The molecular formula is C19H15BrO3. The Morgan fingerprint density at radius 2 is 1.61 bits per heavy atom. The van der Waals surface area contributed by atoms with Crippen LogP contribution < -0.4 is 9.47 Å². The molecule has 0 aliphatic carbocycles. The van der Waals surface area contributed by atoms with Crippen LogP contribution in [0.4, 0.5) is 0 Å². The summed E-state index contributed by atoms with van der Waals surface area (Å²) in [7, 11) is 0. The van der Waals surface area contributed by atoms with Gasteiger partial charge in [-0.1, -0.05) is 46.3 Å². The van der Waals surface area contributed by atoms with E-state index in [0.29, 0.717) is 24.5 Å². The summed E-state index contributed by atoms with van der Waals surface area (Å²) in [6.07, 6.45) is 0.841. The zero-order chi connectivity index (χ0) is 16.1. The van der Waals surface area contributed by atoms with Crippen molar-refractivity contribution in [2.24, 2.45) is 0 Å². The molecule has 0 aliphatic rings. The van der Waals surface area contributed by atoms with E-state index in [9.17, 15) is 4.79 Å². The highest BCUT2D eigenvalue weighted by Gasteiger charge is 2.07. The quantitative estimate of drug-likeness (QED) is 0.458. The maximum Gasteiger partial charge on any atom is 0.154 e. The van der Waals surface area contributed by atoms with Gasteiger partial charge in [0.25, 0.3) is 0 Å². The van der Waals surface area contributed by atoms with Crippen molar-refractivity contribution in [1.82, 2.24) is 0 Å². The average Bonchev–Trinajstić information content (AvgIpc) is 2.59. The predicted octanol–water partition coefficient (Wildman–Crippen LogP) is 4.87. The molecule has 4 heteroatoms. The van der Waals surface area contributed by atoms with Crippen LogP contribution in [0.1, 0.15) is 10.4 Å². The van der Waals surface area contributed by atoms with Gasteiger partial charge in [0.1, 0.15) is 24.7 Å². The minimum atomic E-state index is 0.370. The van der Waals surface area contributed by atoms with Gasteiger partial charge in [0.15, 0.2) is 6.29 Å². The zero-order valence-electron chi connectivity index (χ0n) is 12.4. The molecule has 3 nitrogen and oxygen atoms in total. The summed E-state index contributed by atoms with van der Waals surface area (Å²) in [6, 6.07) is 19.1. The van der Waals surface area contributed by atoms with Crippen molar-refractivity contribution in [2.45, 2.75) is 0 Å². The number of halogens is 1. The fourth-order valence-corrected chi connectivity index (χ4v) is 2.63. The van der Waals surface area contributed by atoms with E-state index in [-0.39, 0.29) is 0 Å². The number of hydrogen-bond donors (Lipinski definition) is 0. The lowest BCUT2D eigenvalue weighted by atomic mass is 10.0. The Balaban J connectivity index is 1.65. The van der Waals surface area contributed by atoms with E-state index >= 15 is 0 Å². The molecule has 0 unspecified atom stereocenters. The van der Waals surface area contributed by atoms with Crippen LogP contribution in [-0.4, -0.2) is 19.5 Å². The maximum atomic E-state index is 11.4. The van der Waals surface area contributed by atoms with Gasteiger partial charge in [0, 0.05) is 4.47 Å². The monoisotopic (exact) mass is 370 g/mol. The fourth-order valence-electron chi connectivity index (χ4n) is 2.36. The smallest absolute Gasteiger partial charge is 0.154 e. The Bertz CT molecular complexity index is 812. The molecule has 116 valence electrons. The summed E-state index contributed by atoms with van der Waals surface area (Å²) in [4.78, 5) is 11.4. The van der Waals surface area contributed by atoms with E-state index in [2.05, 4.69) is 15.9 Å². The van der Waals surface area contributed by atoms with Gasteiger partial charge >= 0.3 is 0 Å². The Kier molecular flexibility index (Phi) is 4.93. The van der Waals surface area contributed by atoms with Crippen LogP contribution in [0.5, 0.6) is 11.5 Å². The van der Waals surface area contributed by atoms with E-state index < -0.39 is 0 Å². The van der Waals surface area contributed by atoms with Crippen LogP contribution >= 0.6 is 15.9 Å². The fraction of sp³-hybridized carbons (Fsp3) is 0.105. The lowest BCUT2D eigenvalue weighted by Gasteiger charge is -2.11. The molecular weight excluding hydrogens is 356 g/mol. The van der Waals surface area contributed by atoms with Gasteiger partial charge in [-0.15, -0.1) is 0 Å². The molecule has 3 aromatic carbocycles. The first-order valence-electron chi connectivity index (χ1n) is 7.26. The van der Waals surface area contributed by atoms with Crippen molar-refractivity contribution in [3.63, 3.8) is 0 Å². The molecule has 0 amide bonds. The highest BCUT2D eigenvalue weighted by atomic mass is 79.9. The number of aldehydes is 1. The molecule has 0 radical (unpaired) electrons. The molecule has 0 saturated heterocycles. The van der Waals surface area contributed by atoms with Gasteiger partial charge in [0.2, 0.25) is 0 Å². The Hall–Kier alpha value is -2.33. The Labute approximate surface area is 143 Å². The Morgan fingerprint density at radius 3 is 2.39 bits per heavy atom. The van der Waals surface area contributed by atoms with Crippen molar-refractivity contribution >= 4 is 33.0 Å². The molecule has 0 heterocycles. The van der Waals surface area contributed by atoms with Gasteiger partial charge in [-0.2, -0.15) is 0 Å². The van der Waals surface area contributed by atoms with Crippen molar-refractivity contribution in [2.75, 3.05) is 13.2 Å². The van der Waals surface area contributed by atoms with Crippen LogP contribution in [0, 0.1) is 0 Å². The first-order chi connectivity index (χ1) is 11.3. The molecule has 0 spiro atoms. The SMILES string of the molecule is O=Cc1c(OCCOc2ccc(Br)cc2)ccc2ccccc12. The van der Waals surface area contributed by atoms with Crippen molar-refractivity contribution in [3.8, 4) is 11.5 Å². The third-order valence-corrected chi connectivity index (χ3v) is 4.00. The maximum absolute atomic E-state index is 11.4. The van der Waals surface area contributed by atoms with Crippen LogP contribution in [0.2, 0.25) is 0 Å². The molecule has 0 aliphatic heterocycles. The van der Waals surface area contributed by atoms with Crippen LogP contribution in [0.25, 0.3) is 10.8 Å². The molecule has 0 N–H and O–H groups in total. The van der Waals surface area contributed by atoms with E-state index in [1.54, 1.807) is 0 Å². The van der Waals surface area contributed by atoms with Crippen LogP contribution in [0.15, 0.2) is 65.1 Å². The summed E-state index contributed by atoms with van der Waals surface area (Å²) < 4.78 is 12.3. The molecule has 0 bridgehead atoms. The molecule has 3 rings (SSSR count). The summed E-state index contributed by atoms with van der Waals surface area (Å²) in [5, 5.41) is 1.92. The van der Waals surface area contributed by atoms with Crippen LogP contribution in [0.3, 0.4) is 0 Å². The molecule has 0 atom stereocenters. The number of rotatable bonds is 6. The summed E-state index contributed by atoms with van der Waals surface area (Å²) in [6.45, 7) is 0.780. The van der Waals surface area contributed by atoms with Gasteiger partial charge in [0.05, 0.1) is 5.56 Å². The van der Waals surface area contributed by atoms with E-state index in [0.717, 1.165) is 27.3 Å². The van der Waals surface area contributed by atoms with Crippen molar-refractivity contribution in [1.29, 1.82) is 0 Å². The van der Waals surface area contributed by atoms with Gasteiger partial charge in [-0.05, 0) is 41.1 Å². The van der Waals surface area contributed by atoms with Gasteiger partial charge in [-0.3, -0.25) is 4.79 Å². The number of fused-ring (bicyclic) bond motifs is 1. The lowest BCUT2D eigenvalue weighted by Crippen LogP contribution is -2.10. The highest BCUT2D eigenvalue weighted by Crippen LogP contribution is 2.26. The Morgan fingerprint density at radius 1 is 0.870 bits per heavy atom. The van der Waals surface area contributed by atoms with Crippen molar-refractivity contribution < 1.29 is 14.3 Å². The standard InChI is InChI=1S/C19H15BrO3/c20-15-6-8-16(9-7-15)22-11-12-23-19-10-5-14-3-1-2-4-17(14)18(19)13-21/h1-10,13H,11-12H2. The first kappa shape index (κ1) is 15.6. The van der Waals surface area contributed by atoms with E-state index in [1.165, 1.54) is 0 Å². The molecule has 0 aromatic heterocycles. The number of ether oxygens (including phenoxy) is 2. The number of carbonyl (C=O) groups is 1. The lowest BCUT2D eigenvalue weighted by molar-refractivity contribution is 0.112. The van der Waals surface area contributed by atoms with Gasteiger partial charge < -0.3 is 9.47 Å². The number of benzene rings is 3. The minimum Gasteiger partial charge on any atom is -0.490 e. The van der Waals surface area contributed by atoms with E-state index in [1.807, 2.05) is 60.7 Å². The average molecular weight is 371 g/mol. The van der Waals surface area contributed by atoms with E-state index in [4.69, 9.17) is 9.47 Å². The summed E-state index contributed by atoms with van der Waals surface area (Å²) in [5.74, 6) is 1.36. The number of carbonyl (C=O) groups excluding carboxylic acids is 1. The van der Waals surface area contributed by atoms with Crippen LogP contribution in [-0.2, 0) is 0 Å². The summed E-state index contributed by atoms with van der Waals surface area (Å²) in [5.41, 5.74) is 0.576. The highest BCUT2D eigenvalue weighted by molar-refractivity contribution is 9.10. The molecule has 0 saturated carbocycles. The third kappa shape index (κ3) is 3.71. The topological polar surface area (TPSA) is 35.5 Å². The molecule has 23 heavy (non-hydrogen) atoms. The normalized spacial score (nSPS) is 10.5. The number of hydrogen-bond acceptors (Lipinski definition) is 3. The predicted molar refractivity (Wildman–Crippen MR) is 94.5 cm³/mol. The third-order valence-electron chi connectivity index (χ3n) is 3.47. The second-order valence-electron chi connectivity index (χ2n) is 4.97. The minimum absolute atomic E-state index is 0.370. The summed E-state index contributed by atoms with van der Waals surface area (Å²) >= 11 is 3.38. The molecule has 3 aromatic rings. The molecule has 0 fully saturated rings. The van der Waals surface area contributed by atoms with Crippen molar-refractivity contribution in [3.05, 3.63) is 70.7 Å². The largest absolute Gasteiger partial charge is 0.490 e. The second kappa shape index (κ2) is 7.29. The van der Waals surface area contributed by atoms with Gasteiger partial charge in [-0.25, -0.2) is 0 Å². The second-order valence-corrected chi connectivity index (χ2v) is 5.88. The zero-order valence-corrected chi connectivity index (χ0v) is 14.0.